The van der Waals surface area contributed by atoms with Crippen molar-refractivity contribution in [2.75, 3.05) is 6.61 Å². The highest BCUT2D eigenvalue weighted by Gasteiger charge is 2.21. The molecule has 0 saturated carbocycles. The van der Waals surface area contributed by atoms with Crippen LogP contribution in [0.1, 0.15) is 32.2 Å². The molecule has 1 unspecified atom stereocenters. The third kappa shape index (κ3) is 4.24. The van der Waals surface area contributed by atoms with E-state index in [9.17, 15) is 9.90 Å². The summed E-state index contributed by atoms with van der Waals surface area (Å²) in [5, 5.41) is 21.2. The van der Waals surface area contributed by atoms with Crippen molar-refractivity contribution < 1.29 is 14.6 Å². The Bertz CT molecular complexity index is 783. The van der Waals surface area contributed by atoms with Gasteiger partial charge in [0.1, 0.15) is 11.4 Å². The van der Waals surface area contributed by atoms with Gasteiger partial charge in [-0.2, -0.15) is 5.26 Å². The molecule has 24 heavy (non-hydrogen) atoms. The summed E-state index contributed by atoms with van der Waals surface area (Å²) < 4.78 is 7.06. The van der Waals surface area contributed by atoms with E-state index >= 15 is 0 Å². The van der Waals surface area contributed by atoms with Crippen molar-refractivity contribution in [2.24, 2.45) is 7.05 Å². The summed E-state index contributed by atoms with van der Waals surface area (Å²) in [7, 11) is 1.84. The molecular weight excluding hydrogens is 308 g/mol. The highest BCUT2D eigenvalue weighted by molar-refractivity contribution is 5.77. The summed E-state index contributed by atoms with van der Waals surface area (Å²) in [6.07, 6.45) is -0.227. The summed E-state index contributed by atoms with van der Waals surface area (Å²) in [5.74, 6) is 0.704. The average Bonchev–Trinajstić information content (AvgIpc) is 2.80. The number of nitrogens with zero attached hydrogens (tertiary/aromatic N) is 3. The standard InChI is InChI=1S/C17H22N4O3/c1-17(2,3)24-16(23)19-12(10-22)8-15-20-13-6-5-11(9-18)7-14(13)21(15)4/h5-7,12,22H,8,10H2,1-4H3,(H,19,23). The summed E-state index contributed by atoms with van der Waals surface area (Å²) in [6, 6.07) is 6.85. The Kier molecular flexibility index (Phi) is 5.10. The maximum Gasteiger partial charge on any atom is 0.407 e. The molecule has 2 aromatic rings. The van der Waals surface area contributed by atoms with Gasteiger partial charge in [0.05, 0.1) is 35.3 Å². The fourth-order valence-electron chi connectivity index (χ4n) is 2.35. The second-order valence-electron chi connectivity index (χ2n) is 6.63. The van der Waals surface area contributed by atoms with Gasteiger partial charge in [0, 0.05) is 13.5 Å². The number of alkyl carbamates (subject to hydrolysis) is 1. The fourth-order valence-corrected chi connectivity index (χ4v) is 2.35. The predicted molar refractivity (Wildman–Crippen MR) is 89.4 cm³/mol. The second kappa shape index (κ2) is 6.89. The van der Waals surface area contributed by atoms with Gasteiger partial charge in [0.15, 0.2) is 0 Å². The number of carbonyl (C=O) groups excluding carboxylic acids is 1. The third-order valence-corrected chi connectivity index (χ3v) is 3.47. The van der Waals surface area contributed by atoms with Gasteiger partial charge in [-0.15, -0.1) is 0 Å². The van der Waals surface area contributed by atoms with Crippen LogP contribution in [0.2, 0.25) is 0 Å². The van der Waals surface area contributed by atoms with Gasteiger partial charge in [-0.3, -0.25) is 0 Å². The lowest BCUT2D eigenvalue weighted by molar-refractivity contribution is 0.0482. The largest absolute Gasteiger partial charge is 0.444 e. The van der Waals surface area contributed by atoms with Crippen molar-refractivity contribution in [2.45, 2.75) is 38.8 Å². The fraction of sp³-hybridized carbons (Fsp3) is 0.471. The van der Waals surface area contributed by atoms with Crippen LogP contribution >= 0.6 is 0 Å². The monoisotopic (exact) mass is 330 g/mol. The predicted octanol–water partition coefficient (Wildman–Crippen LogP) is 1.87. The molecule has 0 aliphatic rings. The summed E-state index contributed by atoms with van der Waals surface area (Å²) >= 11 is 0. The zero-order valence-corrected chi connectivity index (χ0v) is 14.3. The molecule has 1 aromatic carbocycles. The van der Waals surface area contributed by atoms with Gasteiger partial charge in [-0.25, -0.2) is 9.78 Å². The van der Waals surface area contributed by atoms with Crippen molar-refractivity contribution in [1.82, 2.24) is 14.9 Å². The van der Waals surface area contributed by atoms with Gasteiger partial charge < -0.3 is 19.7 Å². The number of hydrogen-bond donors (Lipinski definition) is 2. The number of imidazole rings is 1. The number of aliphatic hydroxyl groups excluding tert-OH is 1. The van der Waals surface area contributed by atoms with E-state index < -0.39 is 17.7 Å². The van der Waals surface area contributed by atoms with Gasteiger partial charge in [-0.1, -0.05) is 0 Å². The molecule has 1 aromatic heterocycles. The number of carbonyl (C=O) groups is 1. The van der Waals surface area contributed by atoms with Gasteiger partial charge in [-0.05, 0) is 39.0 Å². The van der Waals surface area contributed by atoms with Gasteiger partial charge >= 0.3 is 6.09 Å². The maximum atomic E-state index is 11.9. The number of ether oxygens (including phenoxy) is 1. The molecule has 0 bridgehead atoms. The van der Waals surface area contributed by atoms with Crippen LogP contribution in [0.4, 0.5) is 4.79 Å². The van der Waals surface area contributed by atoms with Crippen molar-refractivity contribution in [1.29, 1.82) is 5.26 Å². The molecule has 0 spiro atoms. The Morgan fingerprint density at radius 2 is 2.21 bits per heavy atom. The lowest BCUT2D eigenvalue weighted by Crippen LogP contribution is -2.42. The molecule has 0 fully saturated rings. The lowest BCUT2D eigenvalue weighted by atomic mass is 10.2. The molecule has 0 radical (unpaired) electrons. The van der Waals surface area contributed by atoms with E-state index in [1.165, 1.54) is 0 Å². The summed E-state index contributed by atoms with van der Waals surface area (Å²) in [4.78, 5) is 16.4. The highest BCUT2D eigenvalue weighted by atomic mass is 16.6. The molecule has 128 valence electrons. The molecule has 1 atom stereocenters. The third-order valence-electron chi connectivity index (χ3n) is 3.47. The van der Waals surface area contributed by atoms with E-state index in [1.807, 2.05) is 11.6 Å². The van der Waals surface area contributed by atoms with Crippen LogP contribution in [-0.4, -0.2) is 39.0 Å². The number of fused-ring (bicyclic) bond motifs is 1. The highest BCUT2D eigenvalue weighted by Crippen LogP contribution is 2.17. The van der Waals surface area contributed by atoms with Crippen molar-refractivity contribution >= 4 is 17.1 Å². The normalized spacial score (nSPS) is 12.7. The minimum Gasteiger partial charge on any atom is -0.444 e. The number of hydrogen-bond acceptors (Lipinski definition) is 5. The Hall–Kier alpha value is -2.59. The van der Waals surface area contributed by atoms with E-state index in [1.54, 1.807) is 39.0 Å². The van der Waals surface area contributed by atoms with Crippen LogP contribution in [0.25, 0.3) is 11.0 Å². The number of nitriles is 1. The number of amides is 1. The lowest BCUT2D eigenvalue weighted by Gasteiger charge is -2.22. The minimum atomic E-state index is -0.601. The number of rotatable bonds is 4. The molecule has 2 rings (SSSR count). The number of aromatic nitrogens is 2. The van der Waals surface area contributed by atoms with Gasteiger partial charge in [0.2, 0.25) is 0 Å². The first-order valence-corrected chi connectivity index (χ1v) is 7.69. The van der Waals surface area contributed by atoms with Crippen LogP contribution in [0.5, 0.6) is 0 Å². The molecule has 7 nitrogen and oxygen atoms in total. The van der Waals surface area contributed by atoms with Crippen molar-refractivity contribution in [3.05, 3.63) is 29.6 Å². The number of nitrogens with one attached hydrogen (secondary N) is 1. The zero-order valence-electron chi connectivity index (χ0n) is 14.3. The van der Waals surface area contributed by atoms with Crippen LogP contribution in [0.15, 0.2) is 18.2 Å². The Morgan fingerprint density at radius 3 is 2.79 bits per heavy atom. The zero-order chi connectivity index (χ0) is 17.9. The van der Waals surface area contributed by atoms with Crippen molar-refractivity contribution in [3.8, 4) is 6.07 Å². The molecule has 7 heteroatoms. The number of benzene rings is 1. The smallest absolute Gasteiger partial charge is 0.407 e. The Balaban J connectivity index is 2.16. The Morgan fingerprint density at radius 1 is 1.50 bits per heavy atom. The summed E-state index contributed by atoms with van der Waals surface area (Å²) in [5.41, 5.74) is 1.55. The summed E-state index contributed by atoms with van der Waals surface area (Å²) in [6.45, 7) is 5.10. The van der Waals surface area contributed by atoms with Crippen LogP contribution in [0, 0.1) is 11.3 Å². The first-order valence-electron chi connectivity index (χ1n) is 7.69. The van der Waals surface area contributed by atoms with Crippen LogP contribution < -0.4 is 5.32 Å². The van der Waals surface area contributed by atoms with Crippen LogP contribution in [-0.2, 0) is 18.2 Å². The van der Waals surface area contributed by atoms with E-state index in [0.29, 0.717) is 17.8 Å². The molecule has 1 amide bonds. The van der Waals surface area contributed by atoms with E-state index in [2.05, 4.69) is 16.4 Å². The second-order valence-corrected chi connectivity index (χ2v) is 6.63. The number of aryl methyl sites for hydroxylation is 1. The first-order chi connectivity index (χ1) is 11.2. The van der Waals surface area contributed by atoms with Crippen molar-refractivity contribution in [3.63, 3.8) is 0 Å². The van der Waals surface area contributed by atoms with E-state index in [-0.39, 0.29) is 6.61 Å². The Labute approximate surface area is 140 Å². The molecular formula is C17H22N4O3. The quantitative estimate of drug-likeness (QED) is 0.891. The van der Waals surface area contributed by atoms with E-state index in [4.69, 9.17) is 10.00 Å². The number of aliphatic hydroxyl groups is 1. The topological polar surface area (TPSA) is 100 Å². The van der Waals surface area contributed by atoms with E-state index in [0.717, 1.165) is 11.0 Å². The average molecular weight is 330 g/mol. The SMILES string of the molecule is Cn1c(CC(CO)NC(=O)OC(C)(C)C)nc2ccc(C#N)cc21. The minimum absolute atomic E-state index is 0.230. The maximum absolute atomic E-state index is 11.9. The molecule has 2 N–H and O–H groups in total. The molecule has 0 aliphatic heterocycles. The first kappa shape index (κ1) is 17.8. The van der Waals surface area contributed by atoms with Gasteiger partial charge in [0.25, 0.3) is 0 Å². The molecule has 0 saturated heterocycles. The molecule has 0 aliphatic carbocycles. The molecule has 1 heterocycles. The van der Waals surface area contributed by atoms with Crippen LogP contribution in [0.3, 0.4) is 0 Å².